The average molecular weight is 463 g/mol. The molecular formula is C27H31ClN4O. The van der Waals surface area contributed by atoms with Crippen LogP contribution in [0.2, 0.25) is 5.02 Å². The molecule has 0 N–H and O–H groups in total. The van der Waals surface area contributed by atoms with Crippen molar-refractivity contribution in [3.05, 3.63) is 76.2 Å². The first-order chi connectivity index (χ1) is 16.0. The van der Waals surface area contributed by atoms with E-state index < -0.39 is 0 Å². The summed E-state index contributed by atoms with van der Waals surface area (Å²) in [6.45, 7) is 9.29. The summed E-state index contributed by atoms with van der Waals surface area (Å²) in [5, 5.41) is 0.662. The highest BCUT2D eigenvalue weighted by atomic mass is 35.5. The molecule has 2 heterocycles. The van der Waals surface area contributed by atoms with Crippen LogP contribution in [0.3, 0.4) is 0 Å². The van der Waals surface area contributed by atoms with Crippen molar-refractivity contribution in [2.24, 2.45) is 0 Å². The summed E-state index contributed by atoms with van der Waals surface area (Å²) >= 11 is 6.05. The van der Waals surface area contributed by atoms with Crippen molar-refractivity contribution >= 4 is 23.1 Å². The number of unbranched alkanes of at least 4 members (excludes halogenated alkanes) is 2. The molecule has 0 atom stereocenters. The van der Waals surface area contributed by atoms with E-state index in [-0.39, 0.29) is 5.56 Å². The Morgan fingerprint density at radius 1 is 0.909 bits per heavy atom. The minimum absolute atomic E-state index is 0.0831. The first kappa shape index (κ1) is 23.1. The van der Waals surface area contributed by atoms with Gasteiger partial charge in [-0.2, -0.15) is 0 Å². The Morgan fingerprint density at radius 3 is 2.21 bits per heavy atom. The third-order valence-corrected chi connectivity index (χ3v) is 6.39. The fourth-order valence-corrected chi connectivity index (χ4v) is 4.39. The van der Waals surface area contributed by atoms with Crippen LogP contribution in [-0.2, 0) is 6.54 Å². The van der Waals surface area contributed by atoms with Crippen LogP contribution in [0, 0.1) is 0 Å². The third kappa shape index (κ3) is 4.83. The molecule has 0 aliphatic carbocycles. The normalized spacial score (nSPS) is 11.3. The molecule has 0 saturated heterocycles. The number of rotatable bonds is 9. The molecular weight excluding hydrogens is 432 g/mol. The van der Waals surface area contributed by atoms with Crippen molar-refractivity contribution in [1.82, 2.24) is 14.0 Å². The van der Waals surface area contributed by atoms with Crippen LogP contribution >= 0.6 is 11.6 Å². The van der Waals surface area contributed by atoms with Crippen molar-refractivity contribution in [3.63, 3.8) is 0 Å². The second-order valence-electron chi connectivity index (χ2n) is 8.25. The molecule has 2 aromatic carbocycles. The van der Waals surface area contributed by atoms with E-state index in [0.29, 0.717) is 16.5 Å². The predicted octanol–water partition coefficient (Wildman–Crippen LogP) is 6.52. The standard InChI is InChI=1S/C27H31ClN4O/c1-4-7-8-17-31-25(21-11-15-23(16-12-21)30(5-2)6-3)19-32-26(33)18-24(29-27(31)32)20-9-13-22(28)14-10-20/h9-16,18-19H,4-8,17H2,1-3H3. The third-order valence-electron chi connectivity index (χ3n) is 6.13. The number of benzene rings is 2. The second kappa shape index (κ2) is 10.3. The summed E-state index contributed by atoms with van der Waals surface area (Å²) in [5.41, 5.74) is 4.76. The maximum absolute atomic E-state index is 13.1. The Kier molecular flexibility index (Phi) is 7.19. The van der Waals surface area contributed by atoms with Crippen LogP contribution in [0.5, 0.6) is 0 Å². The van der Waals surface area contributed by atoms with Gasteiger partial charge in [-0.05, 0) is 50.1 Å². The highest BCUT2D eigenvalue weighted by molar-refractivity contribution is 6.30. The molecule has 5 nitrogen and oxygen atoms in total. The van der Waals surface area contributed by atoms with Gasteiger partial charge < -0.3 is 9.47 Å². The number of halogens is 1. The van der Waals surface area contributed by atoms with Crippen molar-refractivity contribution in [1.29, 1.82) is 0 Å². The van der Waals surface area contributed by atoms with Gasteiger partial charge in [0.1, 0.15) is 0 Å². The van der Waals surface area contributed by atoms with Gasteiger partial charge in [0, 0.05) is 48.2 Å². The van der Waals surface area contributed by atoms with Gasteiger partial charge in [0.25, 0.3) is 5.56 Å². The Balaban J connectivity index is 1.83. The van der Waals surface area contributed by atoms with Crippen LogP contribution in [0.15, 0.2) is 65.6 Å². The summed E-state index contributed by atoms with van der Waals surface area (Å²) in [7, 11) is 0. The lowest BCUT2D eigenvalue weighted by Gasteiger charge is -2.21. The number of fused-ring (bicyclic) bond motifs is 1. The summed E-state index contributed by atoms with van der Waals surface area (Å²) in [6.07, 6.45) is 5.23. The number of aromatic nitrogens is 3. The Bertz CT molecular complexity index is 1270. The monoisotopic (exact) mass is 462 g/mol. The zero-order valence-corrected chi connectivity index (χ0v) is 20.3. The van der Waals surface area contributed by atoms with Gasteiger partial charge >= 0.3 is 0 Å². The molecule has 4 rings (SSSR count). The first-order valence-corrected chi connectivity index (χ1v) is 12.2. The maximum Gasteiger partial charge on any atom is 0.259 e. The predicted molar refractivity (Wildman–Crippen MR) is 138 cm³/mol. The topological polar surface area (TPSA) is 42.5 Å². The SMILES string of the molecule is CCCCCn1c(-c2ccc(N(CC)CC)cc2)cn2c(=O)cc(-c3ccc(Cl)cc3)nc12. The van der Waals surface area contributed by atoms with Crippen LogP contribution in [0.4, 0.5) is 5.69 Å². The van der Waals surface area contributed by atoms with Gasteiger partial charge in [0.05, 0.1) is 11.4 Å². The van der Waals surface area contributed by atoms with Gasteiger partial charge in [0.15, 0.2) is 0 Å². The number of aryl methyl sites for hydroxylation is 1. The molecule has 0 fully saturated rings. The maximum atomic E-state index is 13.1. The van der Waals surface area contributed by atoms with Gasteiger partial charge in [-0.25, -0.2) is 4.98 Å². The van der Waals surface area contributed by atoms with Crippen molar-refractivity contribution in [3.8, 4) is 22.5 Å². The Morgan fingerprint density at radius 2 is 1.58 bits per heavy atom. The minimum Gasteiger partial charge on any atom is -0.372 e. The largest absolute Gasteiger partial charge is 0.372 e. The van der Waals surface area contributed by atoms with E-state index in [1.165, 1.54) is 5.69 Å². The lowest BCUT2D eigenvalue weighted by atomic mass is 10.1. The molecule has 0 aliphatic rings. The molecule has 0 saturated carbocycles. The summed E-state index contributed by atoms with van der Waals surface area (Å²) in [5.74, 6) is 0.673. The van der Waals surface area contributed by atoms with Gasteiger partial charge in [-0.15, -0.1) is 0 Å². The van der Waals surface area contributed by atoms with Gasteiger partial charge in [0.2, 0.25) is 5.78 Å². The summed E-state index contributed by atoms with van der Waals surface area (Å²) in [6, 6.07) is 17.6. The highest BCUT2D eigenvalue weighted by Gasteiger charge is 2.15. The molecule has 2 aromatic heterocycles. The number of imidazole rings is 1. The average Bonchev–Trinajstić information content (AvgIpc) is 3.20. The lowest BCUT2D eigenvalue weighted by molar-refractivity contribution is 0.614. The molecule has 0 amide bonds. The minimum atomic E-state index is -0.0831. The van der Waals surface area contributed by atoms with E-state index in [9.17, 15) is 4.79 Å². The number of hydrogen-bond acceptors (Lipinski definition) is 3. The van der Waals surface area contributed by atoms with E-state index in [2.05, 4.69) is 54.5 Å². The summed E-state index contributed by atoms with van der Waals surface area (Å²) < 4.78 is 3.85. The van der Waals surface area contributed by atoms with E-state index in [1.807, 2.05) is 30.5 Å². The number of hydrogen-bond donors (Lipinski definition) is 0. The fourth-order valence-electron chi connectivity index (χ4n) is 4.26. The highest BCUT2D eigenvalue weighted by Crippen LogP contribution is 2.27. The Labute approximate surface area is 200 Å². The molecule has 6 heteroatoms. The molecule has 172 valence electrons. The summed E-state index contributed by atoms with van der Waals surface area (Å²) in [4.78, 5) is 20.3. The van der Waals surface area contributed by atoms with Crippen molar-refractivity contribution in [2.45, 2.75) is 46.6 Å². The molecule has 0 spiro atoms. The van der Waals surface area contributed by atoms with E-state index in [0.717, 1.165) is 55.7 Å². The van der Waals surface area contributed by atoms with Gasteiger partial charge in [-0.1, -0.05) is 55.6 Å². The molecule has 33 heavy (non-hydrogen) atoms. The van der Waals surface area contributed by atoms with Crippen LogP contribution in [-0.4, -0.2) is 27.0 Å². The number of nitrogens with zero attached hydrogens (tertiary/aromatic N) is 4. The van der Waals surface area contributed by atoms with E-state index in [4.69, 9.17) is 16.6 Å². The molecule has 0 bridgehead atoms. The van der Waals surface area contributed by atoms with Crippen LogP contribution < -0.4 is 10.5 Å². The zero-order chi connectivity index (χ0) is 23.4. The van der Waals surface area contributed by atoms with Gasteiger partial charge in [-0.3, -0.25) is 9.20 Å². The van der Waals surface area contributed by atoms with Crippen molar-refractivity contribution in [2.75, 3.05) is 18.0 Å². The smallest absolute Gasteiger partial charge is 0.259 e. The fraction of sp³-hybridized carbons (Fsp3) is 0.333. The number of anilines is 1. The second-order valence-corrected chi connectivity index (χ2v) is 8.69. The molecule has 0 aliphatic heterocycles. The molecule has 4 aromatic rings. The van der Waals surface area contributed by atoms with Crippen LogP contribution in [0.25, 0.3) is 28.3 Å². The van der Waals surface area contributed by atoms with Crippen molar-refractivity contribution < 1.29 is 0 Å². The Hall–Kier alpha value is -3.05. The molecule has 0 unspecified atom stereocenters. The quantitative estimate of drug-likeness (QED) is 0.266. The van der Waals surface area contributed by atoms with Crippen LogP contribution in [0.1, 0.15) is 40.0 Å². The van der Waals surface area contributed by atoms with E-state index in [1.54, 1.807) is 10.5 Å². The lowest BCUT2D eigenvalue weighted by Crippen LogP contribution is -2.21. The van der Waals surface area contributed by atoms with E-state index >= 15 is 0 Å². The first-order valence-electron chi connectivity index (χ1n) is 11.8. The molecule has 0 radical (unpaired) electrons. The zero-order valence-electron chi connectivity index (χ0n) is 19.6.